The van der Waals surface area contributed by atoms with Gasteiger partial charge in [-0.05, 0) is 37.3 Å². The van der Waals surface area contributed by atoms with Gasteiger partial charge in [-0.25, -0.2) is 0 Å². The number of anilines is 1. The van der Waals surface area contributed by atoms with Crippen molar-refractivity contribution in [1.82, 2.24) is 10.2 Å². The molecular formula is C19H19N3O3. The van der Waals surface area contributed by atoms with Gasteiger partial charge in [0.15, 0.2) is 0 Å². The first kappa shape index (κ1) is 16.6. The van der Waals surface area contributed by atoms with Crippen molar-refractivity contribution in [3.63, 3.8) is 0 Å². The molecule has 0 aliphatic rings. The number of hydrogen-bond donors (Lipinski definition) is 2. The largest absolute Gasteiger partial charge is 0.497 e. The third-order valence-corrected chi connectivity index (χ3v) is 3.88. The maximum Gasteiger partial charge on any atom is 0.255 e. The Morgan fingerprint density at radius 1 is 1.08 bits per heavy atom. The predicted octanol–water partition coefficient (Wildman–Crippen LogP) is 3.65. The summed E-state index contributed by atoms with van der Waals surface area (Å²) in [6.45, 7) is 1.85. The fraction of sp³-hybridized carbons (Fsp3) is 0.158. The number of rotatable bonds is 5. The van der Waals surface area contributed by atoms with Crippen LogP contribution in [0.5, 0.6) is 11.5 Å². The highest BCUT2D eigenvalue weighted by molar-refractivity contribution is 6.06. The number of benzene rings is 2. The van der Waals surface area contributed by atoms with Crippen LogP contribution in [0.25, 0.3) is 11.3 Å². The molecule has 0 atom stereocenters. The smallest absolute Gasteiger partial charge is 0.255 e. The van der Waals surface area contributed by atoms with Gasteiger partial charge in [0, 0.05) is 11.1 Å². The molecule has 1 aromatic heterocycles. The summed E-state index contributed by atoms with van der Waals surface area (Å²) < 4.78 is 10.7. The Morgan fingerprint density at radius 3 is 2.52 bits per heavy atom. The topological polar surface area (TPSA) is 76.2 Å². The highest BCUT2D eigenvalue weighted by atomic mass is 16.5. The van der Waals surface area contributed by atoms with Gasteiger partial charge < -0.3 is 14.8 Å². The Balaban J connectivity index is 2.02. The van der Waals surface area contributed by atoms with Crippen molar-refractivity contribution in [1.29, 1.82) is 0 Å². The van der Waals surface area contributed by atoms with E-state index in [2.05, 4.69) is 15.5 Å². The first-order valence-corrected chi connectivity index (χ1v) is 7.77. The molecule has 1 heterocycles. The van der Waals surface area contributed by atoms with Crippen molar-refractivity contribution in [2.45, 2.75) is 6.92 Å². The molecule has 3 aromatic rings. The second-order valence-corrected chi connectivity index (χ2v) is 5.46. The third-order valence-electron chi connectivity index (χ3n) is 3.88. The van der Waals surface area contributed by atoms with Crippen LogP contribution in [-0.2, 0) is 0 Å². The molecule has 0 unspecified atom stereocenters. The van der Waals surface area contributed by atoms with Gasteiger partial charge >= 0.3 is 0 Å². The maximum atomic E-state index is 12.5. The molecule has 0 saturated carbocycles. The van der Waals surface area contributed by atoms with E-state index >= 15 is 0 Å². The molecule has 0 aliphatic heterocycles. The number of aromatic nitrogens is 2. The summed E-state index contributed by atoms with van der Waals surface area (Å²) in [4.78, 5) is 12.5. The van der Waals surface area contributed by atoms with Gasteiger partial charge in [0.2, 0.25) is 0 Å². The molecule has 25 heavy (non-hydrogen) atoms. The van der Waals surface area contributed by atoms with Crippen LogP contribution in [0, 0.1) is 6.92 Å². The zero-order valence-electron chi connectivity index (χ0n) is 14.3. The Bertz CT molecular complexity index is 888. The van der Waals surface area contributed by atoms with Gasteiger partial charge in [0.25, 0.3) is 5.91 Å². The van der Waals surface area contributed by atoms with Crippen LogP contribution in [0.2, 0.25) is 0 Å². The third kappa shape index (κ3) is 3.33. The summed E-state index contributed by atoms with van der Waals surface area (Å²) in [6.07, 6.45) is 0. The maximum absolute atomic E-state index is 12.5. The summed E-state index contributed by atoms with van der Waals surface area (Å²) in [7, 11) is 3.19. The summed E-state index contributed by atoms with van der Waals surface area (Å²) in [5, 5.41) is 10.2. The Labute approximate surface area is 145 Å². The monoisotopic (exact) mass is 337 g/mol. The van der Waals surface area contributed by atoms with Crippen LogP contribution in [0.1, 0.15) is 16.1 Å². The second kappa shape index (κ2) is 7.09. The van der Waals surface area contributed by atoms with Crippen LogP contribution in [0.4, 0.5) is 5.69 Å². The molecule has 1 amide bonds. The SMILES string of the molecule is COc1ccc(OC)c(-c2n[nH]c(C)c2NC(=O)c2ccccc2)c1. The molecule has 0 radical (unpaired) electrons. The van der Waals surface area contributed by atoms with Crippen molar-refractivity contribution in [2.24, 2.45) is 0 Å². The van der Waals surface area contributed by atoms with E-state index in [1.165, 1.54) is 0 Å². The predicted molar refractivity (Wildman–Crippen MR) is 96.3 cm³/mol. The first-order valence-electron chi connectivity index (χ1n) is 7.77. The van der Waals surface area contributed by atoms with Crippen LogP contribution in [-0.4, -0.2) is 30.3 Å². The van der Waals surface area contributed by atoms with Gasteiger partial charge in [-0.2, -0.15) is 5.10 Å². The average molecular weight is 337 g/mol. The summed E-state index contributed by atoms with van der Waals surface area (Å²) in [5.74, 6) is 1.12. The van der Waals surface area contributed by atoms with Crippen molar-refractivity contribution in [3.8, 4) is 22.8 Å². The normalized spacial score (nSPS) is 10.4. The number of ether oxygens (including phenoxy) is 2. The number of hydrogen-bond acceptors (Lipinski definition) is 4. The van der Waals surface area contributed by atoms with Gasteiger partial charge in [-0.3, -0.25) is 9.89 Å². The van der Waals surface area contributed by atoms with Crippen molar-refractivity contribution < 1.29 is 14.3 Å². The zero-order valence-corrected chi connectivity index (χ0v) is 14.3. The Hall–Kier alpha value is -3.28. The van der Waals surface area contributed by atoms with Gasteiger partial charge in [0.1, 0.15) is 17.2 Å². The Kier molecular flexibility index (Phi) is 4.70. The van der Waals surface area contributed by atoms with E-state index in [4.69, 9.17) is 9.47 Å². The van der Waals surface area contributed by atoms with Crippen LogP contribution in [0.3, 0.4) is 0 Å². The number of nitrogens with one attached hydrogen (secondary N) is 2. The van der Waals surface area contributed by atoms with E-state index in [1.54, 1.807) is 32.4 Å². The van der Waals surface area contributed by atoms with Crippen molar-refractivity contribution >= 4 is 11.6 Å². The minimum absolute atomic E-state index is 0.201. The van der Waals surface area contributed by atoms with Gasteiger partial charge in [-0.1, -0.05) is 18.2 Å². The van der Waals surface area contributed by atoms with Crippen molar-refractivity contribution in [2.75, 3.05) is 19.5 Å². The molecule has 0 spiro atoms. The van der Waals surface area contributed by atoms with Crippen LogP contribution in [0.15, 0.2) is 48.5 Å². The molecule has 0 saturated heterocycles. The van der Waals surface area contributed by atoms with E-state index < -0.39 is 0 Å². The summed E-state index contributed by atoms with van der Waals surface area (Å²) in [6, 6.07) is 14.5. The second-order valence-electron chi connectivity index (χ2n) is 5.46. The van der Waals surface area contributed by atoms with E-state index in [9.17, 15) is 4.79 Å². The number of H-pyrrole nitrogens is 1. The molecule has 2 aromatic carbocycles. The summed E-state index contributed by atoms with van der Waals surface area (Å²) >= 11 is 0. The molecule has 0 aliphatic carbocycles. The standard InChI is InChI=1S/C19H19N3O3/c1-12-17(20-19(23)13-7-5-4-6-8-13)18(22-21-12)15-11-14(24-2)9-10-16(15)25-3/h4-11H,1-3H3,(H,20,23)(H,21,22). The highest BCUT2D eigenvalue weighted by Gasteiger charge is 2.19. The highest BCUT2D eigenvalue weighted by Crippen LogP contribution is 2.37. The van der Waals surface area contributed by atoms with E-state index in [-0.39, 0.29) is 5.91 Å². The van der Waals surface area contributed by atoms with Crippen LogP contribution < -0.4 is 14.8 Å². The number of carbonyl (C=O) groups excluding carboxylic acids is 1. The quantitative estimate of drug-likeness (QED) is 0.745. The molecule has 6 heteroatoms. The summed E-state index contributed by atoms with van der Waals surface area (Å²) in [5.41, 5.74) is 3.27. The number of methoxy groups -OCH3 is 2. The minimum Gasteiger partial charge on any atom is -0.497 e. The van der Waals surface area contributed by atoms with Crippen LogP contribution >= 0.6 is 0 Å². The van der Waals surface area contributed by atoms with Crippen molar-refractivity contribution in [3.05, 3.63) is 59.8 Å². The number of aromatic amines is 1. The minimum atomic E-state index is -0.201. The lowest BCUT2D eigenvalue weighted by molar-refractivity contribution is 0.102. The molecular weight excluding hydrogens is 318 g/mol. The van der Waals surface area contributed by atoms with E-state index in [0.717, 1.165) is 11.3 Å². The molecule has 128 valence electrons. The van der Waals surface area contributed by atoms with E-state index in [1.807, 2.05) is 37.3 Å². The number of carbonyl (C=O) groups is 1. The molecule has 2 N–H and O–H groups in total. The van der Waals surface area contributed by atoms with Gasteiger partial charge in [-0.15, -0.1) is 0 Å². The Morgan fingerprint density at radius 2 is 1.84 bits per heavy atom. The number of nitrogens with zero attached hydrogens (tertiary/aromatic N) is 1. The van der Waals surface area contributed by atoms with Gasteiger partial charge in [0.05, 0.1) is 25.6 Å². The zero-order chi connectivity index (χ0) is 17.8. The van der Waals surface area contributed by atoms with E-state index in [0.29, 0.717) is 28.4 Å². The lowest BCUT2D eigenvalue weighted by Crippen LogP contribution is -2.12. The molecule has 0 bridgehead atoms. The molecule has 6 nitrogen and oxygen atoms in total. The lowest BCUT2D eigenvalue weighted by Gasteiger charge is -2.11. The molecule has 0 fully saturated rings. The fourth-order valence-electron chi connectivity index (χ4n) is 2.55. The first-order chi connectivity index (χ1) is 12.1. The fourth-order valence-corrected chi connectivity index (χ4v) is 2.55. The average Bonchev–Trinajstić information content (AvgIpc) is 3.02. The molecule has 3 rings (SSSR count). The lowest BCUT2D eigenvalue weighted by atomic mass is 10.1. The number of amides is 1. The number of aryl methyl sites for hydroxylation is 1.